The molecule has 0 heterocycles. The summed E-state index contributed by atoms with van der Waals surface area (Å²) < 4.78 is 9.84. The van der Waals surface area contributed by atoms with Crippen LogP contribution in [0.2, 0.25) is 0 Å². The molecule has 0 spiro atoms. The van der Waals surface area contributed by atoms with Crippen molar-refractivity contribution in [3.8, 4) is 0 Å². The van der Waals surface area contributed by atoms with Gasteiger partial charge in [0.15, 0.2) is 0 Å². The first-order valence-electron chi connectivity index (χ1n) is 2.69. The highest BCUT2D eigenvalue weighted by molar-refractivity contribution is 7.51. The zero-order valence-corrected chi connectivity index (χ0v) is 7.35. The summed E-state index contributed by atoms with van der Waals surface area (Å²) in [4.78, 5) is 16.1. The van der Waals surface area contributed by atoms with E-state index in [0.29, 0.717) is 0 Å². The van der Waals surface area contributed by atoms with Crippen LogP contribution >= 0.6 is 19.2 Å². The zero-order chi connectivity index (χ0) is 8.62. The molecular weight excluding hydrogens is 178 g/mol. The molecule has 0 aromatic heterocycles. The highest BCUT2D eigenvalue weighted by Crippen LogP contribution is 2.33. The summed E-state index contributed by atoms with van der Waals surface area (Å²) in [5.41, 5.74) is 0. The molecule has 0 aliphatic rings. The lowest BCUT2D eigenvalue weighted by Crippen LogP contribution is -1.86. The summed E-state index contributed by atoms with van der Waals surface area (Å²) in [5.74, 6) is 0.0181. The van der Waals surface area contributed by atoms with Crippen LogP contribution in [0, 0.1) is 0 Å². The van der Waals surface area contributed by atoms with Gasteiger partial charge < -0.3 is 14.9 Å². The zero-order valence-electron chi connectivity index (χ0n) is 5.70. The minimum atomic E-state index is -3.80. The van der Waals surface area contributed by atoms with E-state index in [0.717, 1.165) is 0 Å². The molecular formula is C4H12ClO4P. The number of hydrogen-bond acceptors (Lipinski definition) is 2. The van der Waals surface area contributed by atoms with Crippen molar-refractivity contribution in [2.45, 2.75) is 6.92 Å². The summed E-state index contributed by atoms with van der Waals surface area (Å²) in [6.07, 6.45) is -0.228. The maximum Gasteiger partial charge on any atom is 0.326 e. The van der Waals surface area contributed by atoms with Gasteiger partial charge in [-0.2, -0.15) is 0 Å². The highest BCUT2D eigenvalue weighted by atomic mass is 35.5. The quantitative estimate of drug-likeness (QED) is 0.435. The standard InChI is InChI=1S/C2H6ClO3P.C2H6O/c3-1-2-7(4,5)6;1-2-3/h1-2H2,(H2,4,5,6);3H,2H2,1H3. The van der Waals surface area contributed by atoms with Gasteiger partial charge in [0.25, 0.3) is 0 Å². The van der Waals surface area contributed by atoms with E-state index in [4.69, 9.17) is 26.5 Å². The number of halogens is 1. The maximum atomic E-state index is 9.84. The molecule has 0 aromatic carbocycles. The van der Waals surface area contributed by atoms with E-state index in [-0.39, 0.29) is 18.6 Å². The van der Waals surface area contributed by atoms with Crippen molar-refractivity contribution in [2.24, 2.45) is 0 Å². The Morgan fingerprint density at radius 1 is 1.50 bits per heavy atom. The number of aliphatic hydroxyl groups is 1. The van der Waals surface area contributed by atoms with Crippen LogP contribution in [-0.4, -0.2) is 33.5 Å². The third-order valence-electron chi connectivity index (χ3n) is 0.376. The van der Waals surface area contributed by atoms with E-state index in [2.05, 4.69) is 0 Å². The minimum Gasteiger partial charge on any atom is -0.397 e. The monoisotopic (exact) mass is 190 g/mol. The third kappa shape index (κ3) is 23.8. The van der Waals surface area contributed by atoms with Gasteiger partial charge in [0.1, 0.15) is 0 Å². The lowest BCUT2D eigenvalue weighted by Gasteiger charge is -1.95. The molecule has 0 radical (unpaired) electrons. The fourth-order valence-corrected chi connectivity index (χ4v) is 0.991. The second-order valence-corrected chi connectivity index (χ2v) is 3.55. The summed E-state index contributed by atoms with van der Waals surface area (Å²) in [6.45, 7) is 1.93. The molecule has 0 saturated carbocycles. The van der Waals surface area contributed by atoms with Crippen LogP contribution in [0.5, 0.6) is 0 Å². The Morgan fingerprint density at radius 2 is 1.80 bits per heavy atom. The van der Waals surface area contributed by atoms with Gasteiger partial charge in [0.05, 0.1) is 6.16 Å². The molecule has 0 saturated heterocycles. The number of aliphatic hydroxyl groups excluding tert-OH is 1. The van der Waals surface area contributed by atoms with Crippen molar-refractivity contribution in [3.05, 3.63) is 0 Å². The van der Waals surface area contributed by atoms with E-state index in [1.807, 2.05) is 0 Å². The van der Waals surface area contributed by atoms with Crippen LogP contribution in [-0.2, 0) is 4.57 Å². The molecule has 0 rings (SSSR count). The molecule has 4 nitrogen and oxygen atoms in total. The normalized spacial score (nSPS) is 10.1. The first kappa shape index (κ1) is 13.0. The van der Waals surface area contributed by atoms with E-state index in [1.165, 1.54) is 0 Å². The minimum absolute atomic E-state index is 0.0181. The van der Waals surface area contributed by atoms with E-state index < -0.39 is 7.60 Å². The predicted octanol–water partition coefficient (Wildman–Crippen LogP) is 0.401. The summed E-state index contributed by atoms with van der Waals surface area (Å²) in [7, 11) is -3.80. The van der Waals surface area contributed by atoms with Crippen molar-refractivity contribution in [1.82, 2.24) is 0 Å². The van der Waals surface area contributed by atoms with Gasteiger partial charge in [-0.05, 0) is 6.92 Å². The maximum absolute atomic E-state index is 9.84. The molecule has 6 heteroatoms. The molecule has 0 amide bonds. The molecule has 0 fully saturated rings. The first-order valence-corrected chi connectivity index (χ1v) is 5.02. The second-order valence-electron chi connectivity index (χ2n) is 1.39. The fourth-order valence-electron chi connectivity index (χ4n) is 0.110. The van der Waals surface area contributed by atoms with Gasteiger partial charge in [-0.1, -0.05) is 0 Å². The van der Waals surface area contributed by atoms with Crippen LogP contribution in [0.25, 0.3) is 0 Å². The Labute approximate surface area is 65.0 Å². The van der Waals surface area contributed by atoms with E-state index in [9.17, 15) is 4.57 Å². The Morgan fingerprint density at radius 3 is 1.80 bits per heavy atom. The number of alkyl halides is 1. The molecule has 64 valence electrons. The largest absolute Gasteiger partial charge is 0.397 e. The summed E-state index contributed by atoms with van der Waals surface area (Å²) in [5, 5.41) is 7.57. The summed E-state index contributed by atoms with van der Waals surface area (Å²) >= 11 is 4.99. The number of hydrogen-bond donors (Lipinski definition) is 3. The van der Waals surface area contributed by atoms with Gasteiger partial charge in [0.2, 0.25) is 0 Å². The van der Waals surface area contributed by atoms with Gasteiger partial charge in [-0.3, -0.25) is 4.57 Å². The molecule has 0 aromatic rings. The van der Waals surface area contributed by atoms with Gasteiger partial charge in [-0.25, -0.2) is 0 Å². The first-order chi connectivity index (χ1) is 4.47. The Hall–Kier alpha value is 0.400. The van der Waals surface area contributed by atoms with Crippen molar-refractivity contribution < 1.29 is 19.5 Å². The van der Waals surface area contributed by atoms with Crippen LogP contribution in [0.1, 0.15) is 6.92 Å². The lowest BCUT2D eigenvalue weighted by atomic mass is 10.9. The van der Waals surface area contributed by atoms with Crippen molar-refractivity contribution in [1.29, 1.82) is 0 Å². The van der Waals surface area contributed by atoms with E-state index >= 15 is 0 Å². The van der Waals surface area contributed by atoms with Crippen LogP contribution in [0.15, 0.2) is 0 Å². The Bertz CT molecular complexity index is 101. The average molecular weight is 191 g/mol. The summed E-state index contributed by atoms with van der Waals surface area (Å²) in [6, 6.07) is 0. The molecule has 0 unspecified atom stereocenters. The van der Waals surface area contributed by atoms with Crippen LogP contribution < -0.4 is 0 Å². The van der Waals surface area contributed by atoms with Gasteiger partial charge >= 0.3 is 7.60 Å². The molecule has 0 aliphatic heterocycles. The van der Waals surface area contributed by atoms with Crippen LogP contribution in [0.4, 0.5) is 0 Å². The fraction of sp³-hybridized carbons (Fsp3) is 1.00. The topological polar surface area (TPSA) is 77.8 Å². The SMILES string of the molecule is CCO.O=P(O)(O)CCCl. The Balaban J connectivity index is 0. The van der Waals surface area contributed by atoms with Crippen molar-refractivity contribution >= 4 is 19.2 Å². The molecule has 3 N–H and O–H groups in total. The van der Waals surface area contributed by atoms with Gasteiger partial charge in [0, 0.05) is 12.5 Å². The van der Waals surface area contributed by atoms with Crippen LogP contribution in [0.3, 0.4) is 0 Å². The van der Waals surface area contributed by atoms with Gasteiger partial charge in [-0.15, -0.1) is 11.6 Å². The average Bonchev–Trinajstić information content (AvgIpc) is 1.63. The third-order valence-corrected chi connectivity index (χ3v) is 1.63. The van der Waals surface area contributed by atoms with Crippen molar-refractivity contribution in [2.75, 3.05) is 18.6 Å². The van der Waals surface area contributed by atoms with E-state index in [1.54, 1.807) is 6.92 Å². The Kier molecular flexibility index (Phi) is 9.78. The lowest BCUT2D eigenvalue weighted by molar-refractivity contribution is 0.318. The van der Waals surface area contributed by atoms with Crippen molar-refractivity contribution in [3.63, 3.8) is 0 Å². The molecule has 0 atom stereocenters. The smallest absolute Gasteiger partial charge is 0.326 e. The number of rotatable bonds is 2. The molecule has 0 bridgehead atoms. The highest BCUT2D eigenvalue weighted by Gasteiger charge is 2.09. The second kappa shape index (κ2) is 7.51. The molecule has 0 aliphatic carbocycles. The predicted molar refractivity (Wildman–Crippen MR) is 40.4 cm³/mol. The molecule has 10 heavy (non-hydrogen) atoms.